The average molecular weight is 388 g/mol. The van der Waals surface area contributed by atoms with E-state index in [2.05, 4.69) is 41.0 Å². The third-order valence-corrected chi connectivity index (χ3v) is 4.66. The number of aromatic nitrogens is 1. The molecule has 0 atom stereocenters. The number of hydrogen-bond acceptors (Lipinski definition) is 2. The number of nitrogens with zero attached hydrogens (tertiary/aromatic N) is 1. The maximum atomic E-state index is 9.66. The highest BCUT2D eigenvalue weighted by molar-refractivity contribution is 7.98. The Balaban J connectivity index is 0.00000192. The Bertz CT molecular complexity index is 735. The van der Waals surface area contributed by atoms with E-state index in [4.69, 9.17) is 0 Å². The van der Waals surface area contributed by atoms with E-state index in [0.29, 0.717) is 0 Å². The van der Waals surface area contributed by atoms with E-state index in [1.807, 2.05) is 42.6 Å². The number of aliphatic hydroxyl groups excluding tert-OH is 1. The smallest absolute Gasteiger partial charge is 0.251 e. The summed E-state index contributed by atoms with van der Waals surface area (Å²) in [6, 6.07) is 24.6. The summed E-state index contributed by atoms with van der Waals surface area (Å²) in [5.74, 6) is 0.880. The van der Waals surface area contributed by atoms with Crippen LogP contribution in [0.25, 0.3) is 5.69 Å². The van der Waals surface area contributed by atoms with Gasteiger partial charge in [0.2, 0.25) is 5.69 Å². The van der Waals surface area contributed by atoms with Crippen LogP contribution < -0.4 is 21.5 Å². The Kier molecular flexibility index (Phi) is 6.84. The van der Waals surface area contributed by atoms with E-state index < -0.39 is 0 Å². The van der Waals surface area contributed by atoms with Crippen molar-refractivity contribution in [2.45, 2.75) is 17.4 Å². The lowest BCUT2D eigenvalue weighted by Gasteiger charge is -2.07. The number of para-hydroxylation sites is 1. The zero-order valence-electron chi connectivity index (χ0n) is 12.6. The van der Waals surface area contributed by atoms with Crippen molar-refractivity contribution in [3.63, 3.8) is 0 Å². The molecular weight excluding hydrogens is 370 g/mol. The maximum Gasteiger partial charge on any atom is 0.251 e. The van der Waals surface area contributed by atoms with Crippen molar-refractivity contribution in [2.75, 3.05) is 0 Å². The Hall–Kier alpha value is -1.62. The van der Waals surface area contributed by atoms with Crippen LogP contribution in [0, 0.1) is 0 Å². The van der Waals surface area contributed by atoms with Crippen LogP contribution in [0.3, 0.4) is 0 Å². The van der Waals surface area contributed by atoms with Gasteiger partial charge in [0.15, 0.2) is 6.20 Å². The fourth-order valence-corrected chi connectivity index (χ4v) is 3.46. The third-order valence-electron chi connectivity index (χ3n) is 3.45. The van der Waals surface area contributed by atoms with Crippen LogP contribution in [0.1, 0.15) is 11.1 Å². The maximum absolute atomic E-state index is 9.66. The minimum absolute atomic E-state index is 0. The van der Waals surface area contributed by atoms with Crippen molar-refractivity contribution in [3.05, 3.63) is 90.1 Å². The molecule has 0 radical (unpaired) electrons. The van der Waals surface area contributed by atoms with E-state index in [9.17, 15) is 5.11 Å². The highest BCUT2D eigenvalue weighted by atomic mass is 79.9. The number of rotatable bonds is 5. The first-order valence-corrected chi connectivity index (χ1v) is 8.23. The fraction of sp³-hybridized carbons (Fsp3) is 0.105. The highest BCUT2D eigenvalue weighted by Crippen LogP contribution is 2.24. The van der Waals surface area contributed by atoms with Crippen LogP contribution in [0.2, 0.25) is 0 Å². The zero-order chi connectivity index (χ0) is 15.2. The van der Waals surface area contributed by atoms with Gasteiger partial charge in [-0.1, -0.05) is 60.3 Å². The van der Waals surface area contributed by atoms with Crippen molar-refractivity contribution < 1.29 is 26.7 Å². The summed E-state index contributed by atoms with van der Waals surface area (Å²) in [7, 11) is 0. The summed E-state index contributed by atoms with van der Waals surface area (Å²) in [4.78, 5) is 0. The summed E-state index contributed by atoms with van der Waals surface area (Å²) in [6.07, 6.45) is 2.04. The number of benzene rings is 2. The van der Waals surface area contributed by atoms with Gasteiger partial charge in [-0.05, 0) is 11.6 Å². The molecule has 3 rings (SSSR count). The topological polar surface area (TPSA) is 24.1 Å². The SMILES string of the molecule is OCc1ccc[n+](-c2ccccc2)c1SCc1ccccc1.[Br-]. The Morgan fingerprint density at radius 3 is 2.13 bits per heavy atom. The highest BCUT2D eigenvalue weighted by Gasteiger charge is 2.18. The van der Waals surface area contributed by atoms with E-state index in [1.165, 1.54) is 5.56 Å². The van der Waals surface area contributed by atoms with Gasteiger partial charge < -0.3 is 22.1 Å². The number of halogens is 1. The number of aliphatic hydroxyl groups is 1. The van der Waals surface area contributed by atoms with E-state index in [0.717, 1.165) is 22.0 Å². The molecule has 0 saturated heterocycles. The largest absolute Gasteiger partial charge is 1.00 e. The molecule has 0 saturated carbocycles. The normalized spacial score (nSPS) is 10.1. The standard InChI is InChI=1S/C19H18NOS.BrH/c21-14-17-10-7-13-20(18-11-5-2-6-12-18)19(17)22-15-16-8-3-1-4-9-16;/h1-13,21H,14-15H2;1H/q+1;/p-1. The van der Waals surface area contributed by atoms with Crippen molar-refractivity contribution >= 4 is 11.8 Å². The molecule has 0 aliphatic carbocycles. The third kappa shape index (κ3) is 4.44. The minimum Gasteiger partial charge on any atom is -1.00 e. The minimum atomic E-state index is 0. The first kappa shape index (κ1) is 17.7. The predicted molar refractivity (Wildman–Crippen MR) is 89.9 cm³/mol. The van der Waals surface area contributed by atoms with E-state index >= 15 is 0 Å². The Morgan fingerprint density at radius 1 is 0.826 bits per heavy atom. The molecule has 1 N–H and O–H groups in total. The molecule has 0 spiro atoms. The predicted octanol–water partition coefficient (Wildman–Crippen LogP) is 0.752. The van der Waals surface area contributed by atoms with Crippen LogP contribution in [0.15, 0.2) is 84.0 Å². The molecule has 2 nitrogen and oxygen atoms in total. The lowest BCUT2D eigenvalue weighted by atomic mass is 10.2. The first-order chi connectivity index (χ1) is 10.9. The second kappa shape index (κ2) is 8.87. The molecule has 0 bridgehead atoms. The molecular formula is C19H18BrNOS. The fourth-order valence-electron chi connectivity index (χ4n) is 2.34. The molecule has 0 fully saturated rings. The van der Waals surface area contributed by atoms with Crippen molar-refractivity contribution in [2.24, 2.45) is 0 Å². The molecule has 0 aliphatic rings. The zero-order valence-corrected chi connectivity index (χ0v) is 15.0. The number of hydrogen-bond donors (Lipinski definition) is 1. The number of thioether (sulfide) groups is 1. The van der Waals surface area contributed by atoms with Crippen LogP contribution in [-0.2, 0) is 12.4 Å². The molecule has 0 unspecified atom stereocenters. The molecule has 1 heterocycles. The molecule has 0 aliphatic heterocycles. The van der Waals surface area contributed by atoms with Gasteiger partial charge in [-0.3, -0.25) is 0 Å². The Morgan fingerprint density at radius 2 is 1.48 bits per heavy atom. The van der Waals surface area contributed by atoms with Crippen molar-refractivity contribution in [3.8, 4) is 5.69 Å². The molecule has 2 aromatic carbocycles. The second-order valence-electron chi connectivity index (χ2n) is 4.98. The molecule has 118 valence electrons. The molecule has 1 aromatic heterocycles. The molecule has 23 heavy (non-hydrogen) atoms. The lowest BCUT2D eigenvalue weighted by Crippen LogP contribution is -3.00. The number of pyridine rings is 1. The van der Waals surface area contributed by atoms with Gasteiger partial charge in [-0.25, -0.2) is 0 Å². The summed E-state index contributed by atoms with van der Waals surface area (Å²) >= 11 is 1.75. The van der Waals surface area contributed by atoms with Gasteiger partial charge in [-0.2, -0.15) is 4.57 Å². The average Bonchev–Trinajstić information content (AvgIpc) is 2.61. The molecule has 0 amide bonds. The second-order valence-corrected chi connectivity index (χ2v) is 5.94. The van der Waals surface area contributed by atoms with Gasteiger partial charge in [0.25, 0.3) is 5.03 Å². The summed E-state index contributed by atoms with van der Waals surface area (Å²) in [6.45, 7) is 0.0464. The van der Waals surface area contributed by atoms with E-state index in [-0.39, 0.29) is 23.6 Å². The van der Waals surface area contributed by atoms with E-state index in [1.54, 1.807) is 11.8 Å². The van der Waals surface area contributed by atoms with Gasteiger partial charge in [-0.15, -0.1) is 0 Å². The Labute approximate surface area is 151 Å². The van der Waals surface area contributed by atoms with Gasteiger partial charge in [0.05, 0.1) is 12.2 Å². The monoisotopic (exact) mass is 387 g/mol. The van der Waals surface area contributed by atoms with Crippen LogP contribution in [-0.4, -0.2) is 5.11 Å². The lowest BCUT2D eigenvalue weighted by molar-refractivity contribution is -0.636. The first-order valence-electron chi connectivity index (χ1n) is 7.25. The van der Waals surface area contributed by atoms with Gasteiger partial charge >= 0.3 is 0 Å². The van der Waals surface area contributed by atoms with Crippen molar-refractivity contribution in [1.29, 1.82) is 0 Å². The van der Waals surface area contributed by atoms with Crippen LogP contribution in [0.4, 0.5) is 0 Å². The molecule has 3 aromatic rings. The summed E-state index contributed by atoms with van der Waals surface area (Å²) < 4.78 is 2.14. The summed E-state index contributed by atoms with van der Waals surface area (Å²) in [5.41, 5.74) is 3.33. The molecule has 4 heteroatoms. The summed E-state index contributed by atoms with van der Waals surface area (Å²) in [5, 5.41) is 10.7. The van der Waals surface area contributed by atoms with Gasteiger partial charge in [0.1, 0.15) is 0 Å². The van der Waals surface area contributed by atoms with Crippen molar-refractivity contribution in [1.82, 2.24) is 0 Å². The van der Waals surface area contributed by atoms with Gasteiger partial charge in [0, 0.05) is 24.0 Å². The van der Waals surface area contributed by atoms with Crippen LogP contribution in [0.5, 0.6) is 0 Å². The van der Waals surface area contributed by atoms with Crippen LogP contribution >= 0.6 is 11.8 Å². The quantitative estimate of drug-likeness (QED) is 0.516.